The Bertz CT molecular complexity index is 836. The number of hydrogen-bond acceptors (Lipinski definition) is 17. The van der Waals surface area contributed by atoms with Crippen LogP contribution in [0.5, 0.6) is 0 Å². The third kappa shape index (κ3) is 8.51. The topological polar surface area (TPSA) is 330 Å². The fourth-order valence-electron chi connectivity index (χ4n) is 5.36. The van der Waals surface area contributed by atoms with Crippen LogP contribution >= 0.6 is 0 Å². The first kappa shape index (κ1) is 35.3. The molecule has 1 saturated carbocycles. The third-order valence-corrected chi connectivity index (χ3v) is 7.90. The number of hydrogen-bond donors (Lipinski definition) is 13. The summed E-state index contributed by atoms with van der Waals surface area (Å²) in [7, 11) is 0. The quantitative estimate of drug-likeness (QED) is 0.0859. The highest BCUT2D eigenvalue weighted by molar-refractivity contribution is 5.81. The molecule has 0 bridgehead atoms. The molecule has 15 atom stereocenters. The molecule has 2 heterocycles. The van der Waals surface area contributed by atoms with Crippen LogP contribution in [0.15, 0.2) is 0 Å². The molecule has 0 aromatic carbocycles. The van der Waals surface area contributed by atoms with E-state index in [0.717, 1.165) is 6.42 Å². The molecule has 3 rings (SSSR count). The summed E-state index contributed by atoms with van der Waals surface area (Å²) >= 11 is 0. The van der Waals surface area contributed by atoms with Crippen molar-refractivity contribution in [2.24, 2.45) is 28.7 Å². The Labute approximate surface area is 243 Å². The molecular weight excluding hydrogens is 562 g/mol. The van der Waals surface area contributed by atoms with Gasteiger partial charge in [-0.1, -0.05) is 0 Å². The van der Waals surface area contributed by atoms with Gasteiger partial charge in [0.2, 0.25) is 5.91 Å². The van der Waals surface area contributed by atoms with E-state index in [1.54, 1.807) is 0 Å². The molecule has 0 aromatic rings. The van der Waals surface area contributed by atoms with Crippen molar-refractivity contribution in [1.82, 2.24) is 10.6 Å². The number of carbonyl (C=O) groups is 1. The van der Waals surface area contributed by atoms with E-state index in [9.17, 15) is 35.4 Å². The Morgan fingerprint density at radius 2 is 1.57 bits per heavy atom. The maximum Gasteiger partial charge on any atom is 0.250 e. The van der Waals surface area contributed by atoms with Gasteiger partial charge >= 0.3 is 0 Å². The fraction of sp³-hybridized carbons (Fsp3) is 0.958. The zero-order valence-corrected chi connectivity index (χ0v) is 23.4. The number of aliphatic hydroxyl groups is 6. The van der Waals surface area contributed by atoms with Crippen molar-refractivity contribution in [1.29, 1.82) is 0 Å². The SMILES string of the molecule is NCCCNC[C@H]1O[C@H](O[C@H]2[C@H](O)[C@@H](O[C@H]3O[C@H](CO)[C@@H](O)[C@H](N)[C@H]3O)[C@H](NC(=O)[C@@H](O)CN)C[C@@H]2N)[C@H](N)C[C@@H]1O. The maximum atomic E-state index is 12.5. The molecule has 2 aliphatic heterocycles. The monoisotopic (exact) mass is 611 g/mol. The van der Waals surface area contributed by atoms with Gasteiger partial charge in [-0.3, -0.25) is 4.79 Å². The lowest BCUT2D eigenvalue weighted by Crippen LogP contribution is -2.69. The molecule has 246 valence electrons. The summed E-state index contributed by atoms with van der Waals surface area (Å²) < 4.78 is 23.4. The van der Waals surface area contributed by atoms with E-state index in [4.69, 9.17) is 47.6 Å². The van der Waals surface area contributed by atoms with Gasteiger partial charge < -0.3 is 88.9 Å². The second kappa shape index (κ2) is 16.2. The zero-order valence-electron chi connectivity index (χ0n) is 23.4. The van der Waals surface area contributed by atoms with Crippen LogP contribution in [0.2, 0.25) is 0 Å². The highest BCUT2D eigenvalue weighted by Crippen LogP contribution is 2.31. The van der Waals surface area contributed by atoms with E-state index < -0.39 is 104 Å². The third-order valence-electron chi connectivity index (χ3n) is 7.90. The molecule has 18 heteroatoms. The van der Waals surface area contributed by atoms with Crippen LogP contribution in [0.25, 0.3) is 0 Å². The Balaban J connectivity index is 1.78. The molecule has 3 aliphatic rings. The fourth-order valence-corrected chi connectivity index (χ4v) is 5.36. The summed E-state index contributed by atoms with van der Waals surface area (Å²) in [6, 6.07) is -3.98. The number of rotatable bonds is 13. The molecule has 18 nitrogen and oxygen atoms in total. The number of nitrogens with one attached hydrogen (secondary N) is 2. The zero-order chi connectivity index (χ0) is 31.1. The summed E-state index contributed by atoms with van der Waals surface area (Å²) in [4.78, 5) is 12.5. The molecule has 3 fully saturated rings. The summed E-state index contributed by atoms with van der Waals surface area (Å²) in [6.45, 7) is 0.404. The van der Waals surface area contributed by atoms with Crippen molar-refractivity contribution in [3.05, 3.63) is 0 Å². The molecular formula is C24H49N7O11. The van der Waals surface area contributed by atoms with E-state index in [-0.39, 0.29) is 19.4 Å². The van der Waals surface area contributed by atoms with E-state index >= 15 is 0 Å². The lowest BCUT2D eigenvalue weighted by molar-refractivity contribution is -0.316. The number of aliphatic hydroxyl groups excluding tert-OH is 6. The van der Waals surface area contributed by atoms with Gasteiger partial charge in [0.15, 0.2) is 12.6 Å². The molecule has 1 amide bonds. The van der Waals surface area contributed by atoms with E-state index in [1.807, 2.05) is 0 Å². The van der Waals surface area contributed by atoms with Gasteiger partial charge in [-0.05, 0) is 32.4 Å². The molecule has 0 unspecified atom stereocenters. The van der Waals surface area contributed by atoms with Crippen molar-refractivity contribution < 1.29 is 54.4 Å². The Kier molecular flexibility index (Phi) is 13.6. The summed E-state index contributed by atoms with van der Waals surface area (Å²) in [6.07, 6.45) is -13.2. The largest absolute Gasteiger partial charge is 0.394 e. The predicted molar refractivity (Wildman–Crippen MR) is 145 cm³/mol. The van der Waals surface area contributed by atoms with Gasteiger partial charge in [0, 0.05) is 19.1 Å². The minimum atomic E-state index is -1.58. The van der Waals surface area contributed by atoms with Crippen LogP contribution in [-0.2, 0) is 23.7 Å². The van der Waals surface area contributed by atoms with Gasteiger partial charge in [-0.15, -0.1) is 0 Å². The average molecular weight is 612 g/mol. The molecule has 42 heavy (non-hydrogen) atoms. The minimum absolute atomic E-state index is 0.0367. The average Bonchev–Trinajstić information content (AvgIpc) is 2.96. The van der Waals surface area contributed by atoms with Crippen LogP contribution in [0.3, 0.4) is 0 Å². The van der Waals surface area contributed by atoms with Crippen LogP contribution in [-0.4, -0.2) is 161 Å². The van der Waals surface area contributed by atoms with Gasteiger partial charge in [-0.2, -0.15) is 0 Å². The molecule has 0 spiro atoms. The number of ether oxygens (including phenoxy) is 4. The smallest absolute Gasteiger partial charge is 0.250 e. The van der Waals surface area contributed by atoms with Gasteiger partial charge in [-0.25, -0.2) is 0 Å². The summed E-state index contributed by atoms with van der Waals surface area (Å²) in [5.41, 5.74) is 29.4. The first-order valence-electron chi connectivity index (χ1n) is 14.2. The van der Waals surface area contributed by atoms with Crippen molar-refractivity contribution in [2.45, 2.75) is 111 Å². The lowest BCUT2D eigenvalue weighted by Gasteiger charge is -2.48. The van der Waals surface area contributed by atoms with Crippen molar-refractivity contribution >= 4 is 5.91 Å². The van der Waals surface area contributed by atoms with Gasteiger partial charge in [0.1, 0.15) is 42.7 Å². The Morgan fingerprint density at radius 3 is 2.21 bits per heavy atom. The molecule has 0 aromatic heterocycles. The van der Waals surface area contributed by atoms with Crippen LogP contribution < -0.4 is 39.3 Å². The second-order valence-corrected chi connectivity index (χ2v) is 11.1. The number of amides is 1. The normalized spacial score (nSPS) is 43.6. The molecule has 2 saturated heterocycles. The summed E-state index contributed by atoms with van der Waals surface area (Å²) in [5.74, 6) is -0.850. The van der Waals surface area contributed by atoms with E-state index in [2.05, 4.69) is 10.6 Å². The van der Waals surface area contributed by atoms with E-state index in [0.29, 0.717) is 19.6 Å². The van der Waals surface area contributed by atoms with Crippen LogP contribution in [0.1, 0.15) is 19.3 Å². The van der Waals surface area contributed by atoms with Crippen LogP contribution in [0.4, 0.5) is 0 Å². The highest BCUT2D eigenvalue weighted by Gasteiger charge is 2.51. The molecule has 1 aliphatic carbocycles. The first-order valence-corrected chi connectivity index (χ1v) is 14.2. The second-order valence-electron chi connectivity index (χ2n) is 11.1. The number of nitrogens with two attached hydrogens (primary N) is 5. The molecule has 0 radical (unpaired) electrons. The minimum Gasteiger partial charge on any atom is -0.394 e. The predicted octanol–water partition coefficient (Wildman–Crippen LogP) is -7.84. The summed E-state index contributed by atoms with van der Waals surface area (Å²) in [5, 5.41) is 67.9. The van der Waals surface area contributed by atoms with Crippen LogP contribution in [0, 0.1) is 0 Å². The lowest BCUT2D eigenvalue weighted by atomic mass is 9.83. The van der Waals surface area contributed by atoms with Gasteiger partial charge in [0.05, 0.1) is 36.9 Å². The Hall–Kier alpha value is -1.17. The number of carbonyl (C=O) groups excluding carboxylic acids is 1. The first-order chi connectivity index (χ1) is 19.9. The van der Waals surface area contributed by atoms with Crippen molar-refractivity contribution in [3.63, 3.8) is 0 Å². The van der Waals surface area contributed by atoms with Crippen molar-refractivity contribution in [3.8, 4) is 0 Å². The molecule has 18 N–H and O–H groups in total. The standard InChI is InChI=1S/C24H49N7O11/c25-2-1-3-30-7-14-12(33)5-10(28)23(39-14)41-20-9(27)4-11(31-22(38)13(34)6-26)21(19(20)37)42-24-18(36)16(29)17(35)15(8-32)40-24/h9-21,23-24,30,32-37H,1-8,25-29H2,(H,31,38)/t9-,10+,11+,12-,13-,14+,15+,16-,17+,18+,19-,20+,21-,23+,24+/m0/s1. The van der Waals surface area contributed by atoms with Crippen molar-refractivity contribution in [2.75, 3.05) is 32.8 Å². The maximum absolute atomic E-state index is 12.5. The van der Waals surface area contributed by atoms with Gasteiger partial charge in [0.25, 0.3) is 0 Å². The highest BCUT2D eigenvalue weighted by atomic mass is 16.7. The Morgan fingerprint density at radius 1 is 0.905 bits per heavy atom. The van der Waals surface area contributed by atoms with E-state index in [1.165, 1.54) is 0 Å².